The van der Waals surface area contributed by atoms with Crippen LogP contribution in [-0.4, -0.2) is 49.5 Å². The van der Waals surface area contributed by atoms with Crippen molar-refractivity contribution >= 4 is 43.5 Å². The van der Waals surface area contributed by atoms with E-state index in [2.05, 4.69) is 21.2 Å². The first kappa shape index (κ1) is 28.8. The van der Waals surface area contributed by atoms with Crippen LogP contribution in [-0.2, 0) is 26.2 Å². The highest BCUT2D eigenvalue weighted by atomic mass is 79.9. The molecule has 1 N–H and O–H groups in total. The fraction of sp³-hybridized carbons (Fsp3) is 0.462. The average molecular weight is 567 g/mol. The lowest BCUT2D eigenvalue weighted by Crippen LogP contribution is -2.52. The number of carbonyl (C=O) groups excluding carboxylic acids is 2. The molecule has 0 heterocycles. The number of nitrogens with one attached hydrogen (secondary N) is 1. The molecule has 0 radical (unpaired) electrons. The van der Waals surface area contributed by atoms with Gasteiger partial charge in [0.25, 0.3) is 0 Å². The quantitative estimate of drug-likeness (QED) is 0.454. The second-order valence-electron chi connectivity index (χ2n) is 9.84. The van der Waals surface area contributed by atoms with E-state index in [1.54, 1.807) is 24.0 Å². The van der Waals surface area contributed by atoms with Gasteiger partial charge >= 0.3 is 0 Å². The number of amides is 2. The van der Waals surface area contributed by atoms with Gasteiger partial charge in [0, 0.05) is 29.5 Å². The van der Waals surface area contributed by atoms with Crippen molar-refractivity contribution in [2.45, 2.75) is 65.6 Å². The van der Waals surface area contributed by atoms with Gasteiger partial charge in [-0.05, 0) is 70.9 Å². The number of halogens is 1. The molecule has 0 unspecified atom stereocenters. The molecule has 0 aliphatic heterocycles. The number of benzene rings is 2. The molecule has 0 aliphatic carbocycles. The smallest absolute Gasteiger partial charge is 0.242 e. The average Bonchev–Trinajstić information content (AvgIpc) is 2.74. The zero-order valence-electron chi connectivity index (χ0n) is 21.3. The Balaban J connectivity index is 2.17. The van der Waals surface area contributed by atoms with Gasteiger partial charge in [-0.15, -0.1) is 0 Å². The Morgan fingerprint density at radius 1 is 1.03 bits per heavy atom. The van der Waals surface area contributed by atoms with Crippen molar-refractivity contribution in [1.82, 2.24) is 10.2 Å². The minimum atomic E-state index is -3.51. The minimum Gasteiger partial charge on any atom is -0.350 e. The minimum absolute atomic E-state index is 0.113. The highest BCUT2D eigenvalue weighted by molar-refractivity contribution is 9.10. The number of nitrogens with zero attached hydrogens (tertiary/aromatic N) is 2. The molecular weight excluding hydrogens is 530 g/mol. The lowest BCUT2D eigenvalue weighted by Gasteiger charge is -2.32. The van der Waals surface area contributed by atoms with E-state index in [0.29, 0.717) is 12.1 Å². The second-order valence-corrected chi connectivity index (χ2v) is 12.7. The fourth-order valence-electron chi connectivity index (χ4n) is 3.56. The maximum atomic E-state index is 13.3. The monoisotopic (exact) mass is 565 g/mol. The third-order valence-electron chi connectivity index (χ3n) is 5.41. The molecule has 0 aromatic heterocycles. The summed E-state index contributed by atoms with van der Waals surface area (Å²) in [5.74, 6) is -0.442. The molecule has 0 fully saturated rings. The van der Waals surface area contributed by atoms with Crippen molar-refractivity contribution in [2.75, 3.05) is 17.1 Å². The third kappa shape index (κ3) is 9.29. The molecule has 0 bridgehead atoms. The standard InChI is InChI=1S/C26H36BrN3O4S/c1-19-9-15-23(16-10-19)30(35(6,33)34)17-7-8-24(31)29(18-21-11-13-22(27)14-12-21)20(2)25(32)28-26(3,4)5/h9-16,20H,7-8,17-18H2,1-6H3,(H,28,32)/t20-/m0/s1. The first-order chi connectivity index (χ1) is 16.2. The van der Waals surface area contributed by atoms with Crippen molar-refractivity contribution in [2.24, 2.45) is 0 Å². The van der Waals surface area contributed by atoms with Gasteiger partial charge in [-0.3, -0.25) is 13.9 Å². The van der Waals surface area contributed by atoms with Crippen molar-refractivity contribution < 1.29 is 18.0 Å². The molecule has 192 valence electrons. The number of carbonyl (C=O) groups is 2. The first-order valence-corrected chi connectivity index (χ1v) is 14.2. The molecule has 35 heavy (non-hydrogen) atoms. The molecule has 7 nitrogen and oxygen atoms in total. The van der Waals surface area contributed by atoms with E-state index in [1.165, 1.54) is 4.31 Å². The van der Waals surface area contributed by atoms with Crippen molar-refractivity contribution in [1.29, 1.82) is 0 Å². The van der Waals surface area contributed by atoms with Gasteiger partial charge in [0.2, 0.25) is 21.8 Å². The van der Waals surface area contributed by atoms with Gasteiger partial charge in [0.15, 0.2) is 0 Å². The largest absolute Gasteiger partial charge is 0.350 e. The summed E-state index contributed by atoms with van der Waals surface area (Å²) in [6.45, 7) is 9.77. The topological polar surface area (TPSA) is 86.8 Å². The van der Waals surface area contributed by atoms with Crippen LogP contribution in [0, 0.1) is 6.92 Å². The Kier molecular flexibility index (Phi) is 9.92. The highest BCUT2D eigenvalue weighted by Crippen LogP contribution is 2.20. The zero-order valence-corrected chi connectivity index (χ0v) is 23.7. The Morgan fingerprint density at radius 2 is 1.60 bits per heavy atom. The number of hydrogen-bond donors (Lipinski definition) is 1. The van der Waals surface area contributed by atoms with Crippen LogP contribution in [0.4, 0.5) is 5.69 Å². The lowest BCUT2D eigenvalue weighted by atomic mass is 10.1. The van der Waals surface area contributed by atoms with Crippen LogP contribution in [0.2, 0.25) is 0 Å². The van der Waals surface area contributed by atoms with Crippen LogP contribution >= 0.6 is 15.9 Å². The number of hydrogen-bond acceptors (Lipinski definition) is 4. The molecular formula is C26H36BrN3O4S. The van der Waals surface area contributed by atoms with E-state index in [-0.39, 0.29) is 31.3 Å². The van der Waals surface area contributed by atoms with Crippen LogP contribution in [0.5, 0.6) is 0 Å². The highest BCUT2D eigenvalue weighted by Gasteiger charge is 2.28. The van der Waals surface area contributed by atoms with E-state index in [0.717, 1.165) is 21.9 Å². The Hall–Kier alpha value is -2.39. The van der Waals surface area contributed by atoms with E-state index >= 15 is 0 Å². The summed E-state index contributed by atoms with van der Waals surface area (Å²) in [7, 11) is -3.51. The molecule has 2 amide bonds. The summed E-state index contributed by atoms with van der Waals surface area (Å²) in [4.78, 5) is 27.7. The maximum absolute atomic E-state index is 13.3. The van der Waals surface area contributed by atoms with Gasteiger partial charge < -0.3 is 10.2 Å². The van der Waals surface area contributed by atoms with Crippen molar-refractivity contribution in [3.05, 3.63) is 64.1 Å². The van der Waals surface area contributed by atoms with E-state index in [9.17, 15) is 18.0 Å². The van der Waals surface area contributed by atoms with Crippen LogP contribution in [0.25, 0.3) is 0 Å². The molecule has 9 heteroatoms. The van der Waals surface area contributed by atoms with Gasteiger partial charge in [0.05, 0.1) is 11.9 Å². The Morgan fingerprint density at radius 3 is 2.11 bits per heavy atom. The SMILES string of the molecule is Cc1ccc(N(CCCC(=O)N(Cc2ccc(Br)cc2)[C@@H](C)C(=O)NC(C)(C)C)S(C)(=O)=O)cc1. The second kappa shape index (κ2) is 12.0. The van der Waals surface area contributed by atoms with Crippen molar-refractivity contribution in [3.63, 3.8) is 0 Å². The van der Waals surface area contributed by atoms with Gasteiger partial charge in [-0.25, -0.2) is 8.42 Å². The van der Waals surface area contributed by atoms with E-state index in [1.807, 2.05) is 64.1 Å². The summed E-state index contributed by atoms with van der Waals surface area (Å²) in [5.41, 5.74) is 2.06. The molecule has 0 saturated carbocycles. The third-order valence-corrected chi connectivity index (χ3v) is 7.13. The predicted octanol–water partition coefficient (Wildman–Crippen LogP) is 4.64. The number of sulfonamides is 1. The fourth-order valence-corrected chi connectivity index (χ4v) is 4.79. The van der Waals surface area contributed by atoms with Gasteiger partial charge in [-0.2, -0.15) is 0 Å². The zero-order chi connectivity index (χ0) is 26.4. The number of rotatable bonds is 10. The van der Waals surface area contributed by atoms with Crippen LogP contribution < -0.4 is 9.62 Å². The normalized spacial score (nSPS) is 12.7. The molecule has 0 saturated heterocycles. The summed E-state index contributed by atoms with van der Waals surface area (Å²) in [6.07, 6.45) is 1.60. The molecule has 0 spiro atoms. The first-order valence-electron chi connectivity index (χ1n) is 11.6. The number of anilines is 1. The summed E-state index contributed by atoms with van der Waals surface area (Å²) >= 11 is 3.41. The molecule has 1 atom stereocenters. The summed E-state index contributed by atoms with van der Waals surface area (Å²) < 4.78 is 27.0. The van der Waals surface area contributed by atoms with E-state index in [4.69, 9.17) is 0 Å². The summed E-state index contributed by atoms with van der Waals surface area (Å²) in [5, 5.41) is 2.94. The Bertz CT molecular complexity index is 1110. The van der Waals surface area contributed by atoms with Crippen LogP contribution in [0.3, 0.4) is 0 Å². The molecule has 2 aromatic carbocycles. The van der Waals surface area contributed by atoms with Gasteiger partial charge in [-0.1, -0.05) is 45.8 Å². The predicted molar refractivity (Wildman–Crippen MR) is 145 cm³/mol. The van der Waals surface area contributed by atoms with Crippen LogP contribution in [0.15, 0.2) is 53.0 Å². The van der Waals surface area contributed by atoms with Gasteiger partial charge in [0.1, 0.15) is 6.04 Å². The molecule has 2 rings (SSSR count). The number of aryl methyl sites for hydroxylation is 1. The Labute approximate surface area is 218 Å². The van der Waals surface area contributed by atoms with Crippen molar-refractivity contribution in [3.8, 4) is 0 Å². The van der Waals surface area contributed by atoms with E-state index < -0.39 is 21.6 Å². The molecule has 2 aromatic rings. The maximum Gasteiger partial charge on any atom is 0.242 e. The lowest BCUT2D eigenvalue weighted by molar-refractivity contribution is -0.141. The molecule has 0 aliphatic rings. The summed E-state index contributed by atoms with van der Waals surface area (Å²) in [6, 6.07) is 14.1. The van der Waals surface area contributed by atoms with Crippen LogP contribution in [0.1, 0.15) is 51.7 Å².